The Morgan fingerprint density at radius 3 is 2.32 bits per heavy atom. The molecule has 1 amide bonds. The maximum Gasteiger partial charge on any atom is 0.255 e. The number of nitrogens with zero attached hydrogens (tertiary/aromatic N) is 2. The van der Waals surface area contributed by atoms with E-state index in [0.717, 1.165) is 17.1 Å². The molecule has 3 aromatic rings. The third-order valence-corrected chi connectivity index (χ3v) is 3.68. The number of benzene rings is 2. The first-order valence-electron chi connectivity index (χ1n) is 7.76. The van der Waals surface area contributed by atoms with E-state index < -0.39 is 0 Å². The van der Waals surface area contributed by atoms with Gasteiger partial charge in [-0.05, 0) is 56.3 Å². The van der Waals surface area contributed by atoms with Crippen molar-refractivity contribution in [3.8, 4) is 0 Å². The Morgan fingerprint density at radius 1 is 0.920 bits per heavy atom. The summed E-state index contributed by atoms with van der Waals surface area (Å²) in [6.45, 7) is 3.84. The van der Waals surface area contributed by atoms with Crippen molar-refractivity contribution in [2.45, 2.75) is 13.8 Å². The minimum Gasteiger partial charge on any atom is -0.324 e. The molecule has 0 bridgehead atoms. The van der Waals surface area contributed by atoms with Crippen LogP contribution < -0.4 is 10.6 Å². The topological polar surface area (TPSA) is 66.9 Å². The molecule has 0 unspecified atom stereocenters. The van der Waals surface area contributed by atoms with Crippen LogP contribution in [0.5, 0.6) is 0 Å². The zero-order valence-electron chi connectivity index (χ0n) is 13.9. The number of nitrogens with one attached hydrogen (secondary N) is 2. The van der Waals surface area contributed by atoms with E-state index in [2.05, 4.69) is 20.6 Å². The van der Waals surface area contributed by atoms with Gasteiger partial charge < -0.3 is 10.6 Å². The summed E-state index contributed by atoms with van der Waals surface area (Å²) in [6.07, 6.45) is 0. The van der Waals surface area contributed by atoms with Gasteiger partial charge in [0.2, 0.25) is 5.95 Å². The molecule has 3 rings (SSSR count). The van der Waals surface area contributed by atoms with Gasteiger partial charge in [0.1, 0.15) is 0 Å². The van der Waals surface area contributed by atoms with Crippen molar-refractivity contribution in [1.29, 1.82) is 0 Å². The molecule has 0 saturated heterocycles. The van der Waals surface area contributed by atoms with Gasteiger partial charge in [-0.25, -0.2) is 9.97 Å². The molecule has 2 aromatic carbocycles. The van der Waals surface area contributed by atoms with E-state index in [9.17, 15) is 4.79 Å². The zero-order valence-corrected chi connectivity index (χ0v) is 14.6. The molecular formula is C19H17ClN4O. The molecule has 0 aliphatic carbocycles. The van der Waals surface area contributed by atoms with Crippen molar-refractivity contribution in [2.75, 3.05) is 10.6 Å². The predicted octanol–water partition coefficient (Wildman–Crippen LogP) is 4.74. The van der Waals surface area contributed by atoms with Crippen molar-refractivity contribution in [2.24, 2.45) is 0 Å². The number of hydrogen-bond donors (Lipinski definition) is 2. The number of rotatable bonds is 4. The molecular weight excluding hydrogens is 336 g/mol. The Kier molecular flexibility index (Phi) is 4.95. The second-order valence-electron chi connectivity index (χ2n) is 5.64. The summed E-state index contributed by atoms with van der Waals surface area (Å²) in [7, 11) is 0. The lowest BCUT2D eigenvalue weighted by Crippen LogP contribution is -2.11. The van der Waals surface area contributed by atoms with Crippen molar-refractivity contribution in [3.63, 3.8) is 0 Å². The van der Waals surface area contributed by atoms with Gasteiger partial charge in [0.15, 0.2) is 0 Å². The number of carbonyl (C=O) groups is 1. The fraction of sp³-hybridized carbons (Fsp3) is 0.105. The van der Waals surface area contributed by atoms with Crippen molar-refractivity contribution < 1.29 is 4.79 Å². The summed E-state index contributed by atoms with van der Waals surface area (Å²) in [4.78, 5) is 21.0. The molecule has 0 fully saturated rings. The molecule has 1 aromatic heterocycles. The Labute approximate surface area is 151 Å². The summed E-state index contributed by atoms with van der Waals surface area (Å²) in [5.41, 5.74) is 3.73. The van der Waals surface area contributed by atoms with Crippen LogP contribution in [0.1, 0.15) is 21.7 Å². The number of carbonyl (C=O) groups excluding carboxylic acids is 1. The molecule has 1 heterocycles. The molecule has 0 atom stereocenters. The van der Waals surface area contributed by atoms with E-state index in [1.165, 1.54) is 0 Å². The quantitative estimate of drug-likeness (QED) is 0.711. The van der Waals surface area contributed by atoms with Crippen molar-refractivity contribution in [3.05, 3.63) is 76.6 Å². The molecule has 0 aliphatic heterocycles. The standard InChI is InChI=1S/C19H17ClN4O/c1-12-9-13(2)22-19(21-12)24-17-8-4-7-16(11-17)23-18(25)14-5-3-6-15(20)10-14/h3-11H,1-2H3,(H,23,25)(H,21,22,24). The lowest BCUT2D eigenvalue weighted by molar-refractivity contribution is 0.102. The first-order valence-corrected chi connectivity index (χ1v) is 8.14. The summed E-state index contributed by atoms with van der Waals surface area (Å²) < 4.78 is 0. The van der Waals surface area contributed by atoms with Crippen LogP contribution in [-0.4, -0.2) is 15.9 Å². The van der Waals surface area contributed by atoms with E-state index >= 15 is 0 Å². The van der Waals surface area contributed by atoms with Crippen LogP contribution in [0.4, 0.5) is 17.3 Å². The number of aryl methyl sites for hydroxylation is 2. The Morgan fingerprint density at radius 2 is 1.60 bits per heavy atom. The van der Waals surface area contributed by atoms with Crippen LogP contribution >= 0.6 is 11.6 Å². The van der Waals surface area contributed by atoms with Crippen LogP contribution in [0.15, 0.2) is 54.6 Å². The highest BCUT2D eigenvalue weighted by molar-refractivity contribution is 6.31. The summed E-state index contributed by atoms with van der Waals surface area (Å²) >= 11 is 5.93. The molecule has 0 spiro atoms. The summed E-state index contributed by atoms with van der Waals surface area (Å²) in [5, 5.41) is 6.53. The van der Waals surface area contributed by atoms with Gasteiger partial charge in [-0.3, -0.25) is 4.79 Å². The van der Waals surface area contributed by atoms with Crippen LogP contribution in [0.2, 0.25) is 5.02 Å². The lowest BCUT2D eigenvalue weighted by Gasteiger charge is -2.10. The van der Waals surface area contributed by atoms with Gasteiger partial charge >= 0.3 is 0 Å². The zero-order chi connectivity index (χ0) is 17.8. The second-order valence-corrected chi connectivity index (χ2v) is 6.08. The molecule has 0 radical (unpaired) electrons. The van der Waals surface area contributed by atoms with Gasteiger partial charge in [-0.15, -0.1) is 0 Å². The largest absolute Gasteiger partial charge is 0.324 e. The van der Waals surface area contributed by atoms with E-state index in [-0.39, 0.29) is 5.91 Å². The fourth-order valence-electron chi connectivity index (χ4n) is 2.42. The number of anilines is 3. The van der Waals surface area contributed by atoms with E-state index in [1.807, 2.05) is 44.2 Å². The summed E-state index contributed by atoms with van der Waals surface area (Å²) in [6, 6.07) is 16.1. The molecule has 6 heteroatoms. The first-order chi connectivity index (χ1) is 12.0. The van der Waals surface area contributed by atoms with Crippen LogP contribution in [0.25, 0.3) is 0 Å². The van der Waals surface area contributed by atoms with Gasteiger partial charge in [-0.2, -0.15) is 0 Å². The van der Waals surface area contributed by atoms with Crippen molar-refractivity contribution >= 4 is 34.8 Å². The Balaban J connectivity index is 1.76. The third-order valence-electron chi connectivity index (χ3n) is 3.45. The number of halogens is 1. The van der Waals surface area contributed by atoms with Crippen molar-refractivity contribution in [1.82, 2.24) is 9.97 Å². The monoisotopic (exact) mass is 352 g/mol. The number of aromatic nitrogens is 2. The van der Waals surface area contributed by atoms with E-state index in [0.29, 0.717) is 22.2 Å². The highest BCUT2D eigenvalue weighted by Gasteiger charge is 2.07. The maximum atomic E-state index is 12.3. The Hall–Kier alpha value is -2.92. The van der Waals surface area contributed by atoms with E-state index in [1.54, 1.807) is 24.3 Å². The lowest BCUT2D eigenvalue weighted by atomic mass is 10.2. The average Bonchev–Trinajstić information content (AvgIpc) is 2.54. The fourth-order valence-corrected chi connectivity index (χ4v) is 2.61. The highest BCUT2D eigenvalue weighted by Crippen LogP contribution is 2.20. The van der Waals surface area contributed by atoms with Gasteiger partial charge in [0.25, 0.3) is 5.91 Å². The minimum atomic E-state index is -0.220. The van der Waals surface area contributed by atoms with Crippen LogP contribution in [-0.2, 0) is 0 Å². The van der Waals surface area contributed by atoms with Gasteiger partial charge in [0.05, 0.1) is 0 Å². The molecule has 5 nitrogen and oxygen atoms in total. The van der Waals surface area contributed by atoms with E-state index in [4.69, 9.17) is 11.6 Å². The number of hydrogen-bond acceptors (Lipinski definition) is 4. The first kappa shape index (κ1) is 16.9. The van der Waals surface area contributed by atoms with Gasteiger partial charge in [-0.1, -0.05) is 23.7 Å². The normalized spacial score (nSPS) is 10.4. The molecule has 126 valence electrons. The summed E-state index contributed by atoms with van der Waals surface area (Å²) in [5.74, 6) is 0.304. The number of amides is 1. The average molecular weight is 353 g/mol. The second kappa shape index (κ2) is 7.32. The third kappa shape index (κ3) is 4.55. The molecule has 0 saturated carbocycles. The predicted molar refractivity (Wildman–Crippen MR) is 101 cm³/mol. The smallest absolute Gasteiger partial charge is 0.255 e. The highest BCUT2D eigenvalue weighted by atomic mass is 35.5. The maximum absolute atomic E-state index is 12.3. The van der Waals surface area contributed by atoms with Crippen LogP contribution in [0, 0.1) is 13.8 Å². The molecule has 0 aliphatic rings. The molecule has 25 heavy (non-hydrogen) atoms. The SMILES string of the molecule is Cc1cc(C)nc(Nc2cccc(NC(=O)c3cccc(Cl)c3)c2)n1. The Bertz CT molecular complexity index is 907. The minimum absolute atomic E-state index is 0.220. The molecule has 2 N–H and O–H groups in total. The van der Waals surface area contributed by atoms with Gasteiger partial charge in [0, 0.05) is 33.3 Å². The van der Waals surface area contributed by atoms with Crippen LogP contribution in [0.3, 0.4) is 0 Å².